The highest BCUT2D eigenvalue weighted by molar-refractivity contribution is 7.89. The number of sulfonamides is 1. The van der Waals surface area contributed by atoms with Gasteiger partial charge in [0.05, 0.1) is 4.90 Å². The number of halogens is 3. The summed E-state index contributed by atoms with van der Waals surface area (Å²) < 4.78 is 55.5. The van der Waals surface area contributed by atoms with Crippen LogP contribution in [0.1, 0.15) is 12.8 Å². The summed E-state index contributed by atoms with van der Waals surface area (Å²) in [6, 6.07) is 5.57. The molecular formula is C13H19ClF2N2O3S. The van der Waals surface area contributed by atoms with Crippen LogP contribution in [0, 0.1) is 0 Å². The van der Waals surface area contributed by atoms with E-state index >= 15 is 0 Å². The zero-order valence-corrected chi connectivity index (χ0v) is 13.4. The van der Waals surface area contributed by atoms with Crippen molar-refractivity contribution in [3.05, 3.63) is 24.3 Å². The summed E-state index contributed by atoms with van der Waals surface area (Å²) >= 11 is 0. The molecule has 1 aliphatic heterocycles. The first-order chi connectivity index (χ1) is 9.97. The summed E-state index contributed by atoms with van der Waals surface area (Å²) in [6.07, 6.45) is -0.570. The standard InChI is InChI=1S/C13H18F2N2O3S.ClH/c14-13(15)9-20-11-3-5-12(6-4-11)21(18,19)17-8-10-2-1-7-16-10;/h3-6,10,13,16-17H,1-2,7-9H2;1H. The van der Waals surface area contributed by atoms with Gasteiger partial charge in [-0.25, -0.2) is 21.9 Å². The molecule has 0 saturated carbocycles. The molecule has 0 aromatic heterocycles. The van der Waals surface area contributed by atoms with E-state index in [0.29, 0.717) is 6.54 Å². The topological polar surface area (TPSA) is 67.4 Å². The first kappa shape index (κ1) is 19.1. The molecule has 1 saturated heterocycles. The average Bonchev–Trinajstić information content (AvgIpc) is 2.97. The Labute approximate surface area is 134 Å². The van der Waals surface area contributed by atoms with Crippen LogP contribution in [-0.2, 0) is 10.0 Å². The van der Waals surface area contributed by atoms with Gasteiger partial charge in [-0.1, -0.05) is 0 Å². The monoisotopic (exact) mass is 356 g/mol. The van der Waals surface area contributed by atoms with E-state index in [4.69, 9.17) is 4.74 Å². The molecule has 1 unspecified atom stereocenters. The van der Waals surface area contributed by atoms with E-state index in [2.05, 4.69) is 10.0 Å². The molecule has 0 amide bonds. The molecule has 1 aromatic carbocycles. The first-order valence-corrected chi connectivity index (χ1v) is 8.20. The van der Waals surface area contributed by atoms with Gasteiger partial charge in [0.25, 0.3) is 6.43 Å². The molecule has 126 valence electrons. The van der Waals surface area contributed by atoms with Crippen molar-refractivity contribution in [2.24, 2.45) is 0 Å². The molecule has 0 spiro atoms. The van der Waals surface area contributed by atoms with Gasteiger partial charge in [0.15, 0.2) is 0 Å². The van der Waals surface area contributed by atoms with Crippen LogP contribution in [0.15, 0.2) is 29.2 Å². The molecule has 9 heteroatoms. The second-order valence-corrected chi connectivity index (χ2v) is 6.59. The molecule has 1 atom stereocenters. The van der Waals surface area contributed by atoms with E-state index in [1.165, 1.54) is 24.3 Å². The minimum absolute atomic E-state index is 0. The van der Waals surface area contributed by atoms with Crippen LogP contribution in [0.2, 0.25) is 0 Å². The van der Waals surface area contributed by atoms with Gasteiger partial charge in [-0.2, -0.15) is 0 Å². The summed E-state index contributed by atoms with van der Waals surface area (Å²) in [5.74, 6) is 0.215. The third kappa shape index (κ3) is 5.68. The Bertz CT molecular complexity index is 549. The number of benzene rings is 1. The van der Waals surface area contributed by atoms with E-state index in [1.807, 2.05) is 0 Å². The van der Waals surface area contributed by atoms with Gasteiger partial charge in [-0.05, 0) is 43.7 Å². The molecule has 1 heterocycles. The Morgan fingerprint density at radius 3 is 2.55 bits per heavy atom. The maximum atomic E-state index is 12.1. The molecule has 0 aliphatic carbocycles. The highest BCUT2D eigenvalue weighted by Gasteiger charge is 2.19. The Morgan fingerprint density at radius 2 is 2.00 bits per heavy atom. The van der Waals surface area contributed by atoms with Gasteiger partial charge in [0.2, 0.25) is 10.0 Å². The summed E-state index contributed by atoms with van der Waals surface area (Å²) in [5.41, 5.74) is 0. The van der Waals surface area contributed by atoms with Crippen LogP contribution in [0.4, 0.5) is 8.78 Å². The van der Waals surface area contributed by atoms with Gasteiger partial charge in [0.1, 0.15) is 12.4 Å². The van der Waals surface area contributed by atoms with Crippen LogP contribution in [-0.4, -0.2) is 40.6 Å². The number of hydrogen-bond acceptors (Lipinski definition) is 4. The van der Waals surface area contributed by atoms with Crippen LogP contribution in [0.3, 0.4) is 0 Å². The predicted octanol–water partition coefficient (Wildman–Crippen LogP) is 1.78. The van der Waals surface area contributed by atoms with E-state index in [9.17, 15) is 17.2 Å². The Hall–Kier alpha value is -0.960. The number of hydrogen-bond donors (Lipinski definition) is 2. The molecule has 1 fully saturated rings. The maximum absolute atomic E-state index is 12.1. The Kier molecular flexibility index (Phi) is 7.47. The molecule has 2 rings (SSSR count). The fourth-order valence-corrected chi connectivity index (χ4v) is 3.18. The van der Waals surface area contributed by atoms with E-state index in [0.717, 1.165) is 19.4 Å². The average molecular weight is 357 g/mol. The van der Waals surface area contributed by atoms with Crippen molar-refractivity contribution in [1.82, 2.24) is 10.0 Å². The molecule has 1 aromatic rings. The third-order valence-corrected chi connectivity index (χ3v) is 4.63. The fourth-order valence-electron chi connectivity index (χ4n) is 2.10. The van der Waals surface area contributed by atoms with Crippen molar-refractivity contribution in [3.8, 4) is 5.75 Å². The van der Waals surface area contributed by atoms with Crippen molar-refractivity contribution in [2.75, 3.05) is 19.7 Å². The lowest BCUT2D eigenvalue weighted by atomic mass is 10.2. The second-order valence-electron chi connectivity index (χ2n) is 4.82. The van der Waals surface area contributed by atoms with Gasteiger partial charge in [-0.3, -0.25) is 0 Å². The van der Waals surface area contributed by atoms with Crippen LogP contribution in [0.25, 0.3) is 0 Å². The lowest BCUT2D eigenvalue weighted by molar-refractivity contribution is 0.0819. The normalized spacial score (nSPS) is 18.2. The minimum Gasteiger partial charge on any atom is -0.488 e. The summed E-state index contributed by atoms with van der Waals surface area (Å²) in [5, 5.41) is 3.20. The number of ether oxygens (including phenoxy) is 1. The van der Waals surface area contributed by atoms with Crippen LogP contribution >= 0.6 is 12.4 Å². The zero-order valence-electron chi connectivity index (χ0n) is 11.8. The largest absolute Gasteiger partial charge is 0.488 e. The van der Waals surface area contributed by atoms with Crippen molar-refractivity contribution < 1.29 is 21.9 Å². The van der Waals surface area contributed by atoms with Gasteiger partial charge >= 0.3 is 0 Å². The number of alkyl halides is 2. The van der Waals surface area contributed by atoms with Gasteiger partial charge in [0, 0.05) is 12.6 Å². The zero-order chi connectivity index (χ0) is 15.3. The minimum atomic E-state index is -3.59. The van der Waals surface area contributed by atoms with Gasteiger partial charge < -0.3 is 10.1 Å². The predicted molar refractivity (Wildman–Crippen MR) is 81.4 cm³/mol. The summed E-state index contributed by atoms with van der Waals surface area (Å²) in [7, 11) is -3.59. The van der Waals surface area contributed by atoms with E-state index in [1.54, 1.807) is 0 Å². The summed E-state index contributed by atoms with van der Waals surface area (Å²) in [6.45, 7) is 0.534. The van der Waals surface area contributed by atoms with Gasteiger partial charge in [-0.15, -0.1) is 12.4 Å². The third-order valence-electron chi connectivity index (χ3n) is 3.19. The fraction of sp³-hybridized carbons (Fsp3) is 0.538. The molecule has 2 N–H and O–H groups in total. The molecule has 0 bridgehead atoms. The van der Waals surface area contributed by atoms with Crippen LogP contribution in [0.5, 0.6) is 5.75 Å². The molecule has 22 heavy (non-hydrogen) atoms. The molecule has 5 nitrogen and oxygen atoms in total. The SMILES string of the molecule is Cl.O=S(=O)(NCC1CCCN1)c1ccc(OCC(F)F)cc1. The molecular weight excluding hydrogens is 338 g/mol. The smallest absolute Gasteiger partial charge is 0.272 e. The highest BCUT2D eigenvalue weighted by Crippen LogP contribution is 2.16. The number of rotatable bonds is 7. The van der Waals surface area contributed by atoms with Crippen molar-refractivity contribution >= 4 is 22.4 Å². The van der Waals surface area contributed by atoms with Crippen molar-refractivity contribution in [2.45, 2.75) is 30.2 Å². The molecule has 0 radical (unpaired) electrons. The Balaban J connectivity index is 0.00000242. The first-order valence-electron chi connectivity index (χ1n) is 6.71. The second kappa shape index (κ2) is 8.61. The quantitative estimate of drug-likeness (QED) is 0.781. The van der Waals surface area contributed by atoms with E-state index in [-0.39, 0.29) is 29.1 Å². The summed E-state index contributed by atoms with van der Waals surface area (Å²) in [4.78, 5) is 0.0879. The van der Waals surface area contributed by atoms with Crippen LogP contribution < -0.4 is 14.8 Å². The maximum Gasteiger partial charge on any atom is 0.272 e. The van der Waals surface area contributed by atoms with Crippen molar-refractivity contribution in [3.63, 3.8) is 0 Å². The Morgan fingerprint density at radius 1 is 1.32 bits per heavy atom. The van der Waals surface area contributed by atoms with Crippen molar-refractivity contribution in [1.29, 1.82) is 0 Å². The molecule has 1 aliphatic rings. The number of nitrogens with one attached hydrogen (secondary N) is 2. The highest BCUT2D eigenvalue weighted by atomic mass is 35.5. The lowest BCUT2D eigenvalue weighted by Gasteiger charge is -2.12. The van der Waals surface area contributed by atoms with E-state index < -0.39 is 23.1 Å². The lowest BCUT2D eigenvalue weighted by Crippen LogP contribution is -2.37.